The largest absolute Gasteiger partial charge is 0.391 e. The predicted molar refractivity (Wildman–Crippen MR) is 73.6 cm³/mol. The molecule has 0 aromatic carbocycles. The second-order valence-corrected chi connectivity index (χ2v) is 6.56. The Morgan fingerprint density at radius 1 is 1.00 bits per heavy atom. The van der Waals surface area contributed by atoms with Gasteiger partial charge in [0.05, 0.1) is 6.10 Å². The van der Waals surface area contributed by atoms with Crippen molar-refractivity contribution in [3.05, 3.63) is 0 Å². The molecule has 1 heterocycles. The van der Waals surface area contributed by atoms with Gasteiger partial charge >= 0.3 is 0 Å². The smallest absolute Gasteiger partial charge is 0.0695 e. The van der Waals surface area contributed by atoms with Crippen molar-refractivity contribution in [2.75, 3.05) is 19.6 Å². The molecule has 0 radical (unpaired) electrons. The maximum atomic E-state index is 10.3. The summed E-state index contributed by atoms with van der Waals surface area (Å²) in [5.74, 6) is 0.813. The molecule has 0 aromatic rings. The van der Waals surface area contributed by atoms with Gasteiger partial charge in [0.25, 0.3) is 0 Å². The van der Waals surface area contributed by atoms with E-state index in [9.17, 15) is 5.11 Å². The molecule has 0 bridgehead atoms. The summed E-state index contributed by atoms with van der Waals surface area (Å²) >= 11 is 0. The molecule has 3 fully saturated rings. The molecule has 2 saturated carbocycles. The van der Waals surface area contributed by atoms with Gasteiger partial charge in [0.2, 0.25) is 0 Å². The summed E-state index contributed by atoms with van der Waals surface area (Å²) in [6.45, 7) is 3.61. The van der Waals surface area contributed by atoms with Crippen molar-refractivity contribution < 1.29 is 5.11 Å². The van der Waals surface area contributed by atoms with Crippen LogP contribution < -0.4 is 5.32 Å². The molecule has 3 unspecified atom stereocenters. The molecule has 0 spiro atoms. The second-order valence-electron chi connectivity index (χ2n) is 6.56. The molecule has 3 heteroatoms. The van der Waals surface area contributed by atoms with Crippen molar-refractivity contribution >= 4 is 0 Å². The predicted octanol–water partition coefficient (Wildman–Crippen LogP) is 1.75. The first kappa shape index (κ1) is 12.9. The molecule has 0 amide bonds. The number of aliphatic hydroxyl groups is 1. The van der Waals surface area contributed by atoms with E-state index in [2.05, 4.69) is 10.2 Å². The van der Waals surface area contributed by atoms with E-state index in [-0.39, 0.29) is 6.10 Å². The fourth-order valence-corrected chi connectivity index (χ4v) is 3.82. The third-order valence-electron chi connectivity index (χ3n) is 5.00. The van der Waals surface area contributed by atoms with E-state index >= 15 is 0 Å². The Morgan fingerprint density at radius 2 is 1.83 bits per heavy atom. The maximum absolute atomic E-state index is 10.3. The minimum atomic E-state index is -0.0594. The highest BCUT2D eigenvalue weighted by Gasteiger charge is 2.38. The van der Waals surface area contributed by atoms with E-state index < -0.39 is 0 Å². The second kappa shape index (κ2) is 5.89. The number of hydrogen-bond donors (Lipinski definition) is 2. The minimum Gasteiger partial charge on any atom is -0.391 e. The monoisotopic (exact) mass is 252 g/mol. The lowest BCUT2D eigenvalue weighted by Gasteiger charge is -2.40. The molecule has 3 rings (SSSR count). The summed E-state index contributed by atoms with van der Waals surface area (Å²) in [6.07, 6.45) is 10.2. The first-order valence-electron chi connectivity index (χ1n) is 7.99. The SMILES string of the molecule is OC1CCCCC1N(CC1CCCNC1)C1CC1. The molecule has 3 nitrogen and oxygen atoms in total. The molecule has 2 aliphatic carbocycles. The quantitative estimate of drug-likeness (QED) is 0.800. The van der Waals surface area contributed by atoms with Crippen molar-refractivity contribution in [2.45, 2.75) is 69.6 Å². The third-order valence-corrected chi connectivity index (χ3v) is 5.00. The molecule has 18 heavy (non-hydrogen) atoms. The first-order chi connectivity index (χ1) is 8.84. The molecular weight excluding hydrogens is 224 g/mol. The van der Waals surface area contributed by atoms with Crippen LogP contribution in [0.25, 0.3) is 0 Å². The highest BCUT2D eigenvalue weighted by molar-refractivity contribution is 4.94. The Bertz CT molecular complexity index is 261. The molecule has 2 N–H and O–H groups in total. The van der Waals surface area contributed by atoms with Crippen LogP contribution in [0.5, 0.6) is 0 Å². The van der Waals surface area contributed by atoms with Gasteiger partial charge in [-0.05, 0) is 57.5 Å². The average Bonchev–Trinajstić information content (AvgIpc) is 3.23. The number of aliphatic hydroxyl groups excluding tert-OH is 1. The lowest BCUT2D eigenvalue weighted by molar-refractivity contribution is 0.00633. The van der Waals surface area contributed by atoms with Gasteiger partial charge in [0, 0.05) is 18.6 Å². The van der Waals surface area contributed by atoms with E-state index in [1.807, 2.05) is 0 Å². The molecule has 0 aromatic heterocycles. The number of rotatable bonds is 4. The highest BCUT2D eigenvalue weighted by atomic mass is 16.3. The summed E-state index contributed by atoms with van der Waals surface area (Å²) in [7, 11) is 0. The summed E-state index contributed by atoms with van der Waals surface area (Å²) in [5, 5.41) is 13.8. The number of nitrogens with one attached hydrogen (secondary N) is 1. The van der Waals surface area contributed by atoms with Gasteiger partial charge in [0.15, 0.2) is 0 Å². The fraction of sp³-hybridized carbons (Fsp3) is 1.00. The van der Waals surface area contributed by atoms with Gasteiger partial charge in [-0.25, -0.2) is 0 Å². The summed E-state index contributed by atoms with van der Waals surface area (Å²) in [4.78, 5) is 2.68. The van der Waals surface area contributed by atoms with Crippen LogP contribution in [0.1, 0.15) is 51.4 Å². The minimum absolute atomic E-state index is 0.0594. The molecule has 1 aliphatic heterocycles. The summed E-state index contributed by atoms with van der Waals surface area (Å²) < 4.78 is 0. The Morgan fingerprint density at radius 3 is 2.50 bits per heavy atom. The van der Waals surface area contributed by atoms with Crippen molar-refractivity contribution in [2.24, 2.45) is 5.92 Å². The third kappa shape index (κ3) is 3.06. The van der Waals surface area contributed by atoms with Crippen molar-refractivity contribution in [3.63, 3.8) is 0 Å². The van der Waals surface area contributed by atoms with E-state index in [1.54, 1.807) is 0 Å². The molecular formula is C15H28N2O. The Hall–Kier alpha value is -0.120. The van der Waals surface area contributed by atoms with Crippen LogP contribution in [0.3, 0.4) is 0 Å². The van der Waals surface area contributed by atoms with Gasteiger partial charge < -0.3 is 10.4 Å². The average molecular weight is 252 g/mol. The maximum Gasteiger partial charge on any atom is 0.0695 e. The fourth-order valence-electron chi connectivity index (χ4n) is 3.82. The van der Waals surface area contributed by atoms with Crippen molar-refractivity contribution in [1.29, 1.82) is 0 Å². The Balaban J connectivity index is 1.59. The number of hydrogen-bond acceptors (Lipinski definition) is 3. The Kier molecular flexibility index (Phi) is 4.22. The van der Waals surface area contributed by atoms with E-state index in [0.717, 1.165) is 18.4 Å². The topological polar surface area (TPSA) is 35.5 Å². The van der Waals surface area contributed by atoms with Crippen molar-refractivity contribution in [3.8, 4) is 0 Å². The van der Waals surface area contributed by atoms with Crippen LogP contribution in [-0.4, -0.2) is 47.8 Å². The van der Waals surface area contributed by atoms with E-state index in [1.165, 1.54) is 64.6 Å². The standard InChI is InChI=1S/C15H28N2O/c18-15-6-2-1-5-14(15)17(13-7-8-13)11-12-4-3-9-16-10-12/h12-16,18H,1-11H2. The van der Waals surface area contributed by atoms with Gasteiger partial charge in [-0.1, -0.05) is 12.8 Å². The van der Waals surface area contributed by atoms with Crippen molar-refractivity contribution in [1.82, 2.24) is 10.2 Å². The van der Waals surface area contributed by atoms with Crippen LogP contribution in [0.4, 0.5) is 0 Å². The van der Waals surface area contributed by atoms with E-state index in [4.69, 9.17) is 0 Å². The molecule has 1 saturated heterocycles. The van der Waals surface area contributed by atoms with Gasteiger partial charge in [-0.15, -0.1) is 0 Å². The van der Waals surface area contributed by atoms with Crippen LogP contribution in [-0.2, 0) is 0 Å². The van der Waals surface area contributed by atoms with Crippen LogP contribution >= 0.6 is 0 Å². The zero-order chi connectivity index (χ0) is 12.4. The lowest BCUT2D eigenvalue weighted by Crippen LogP contribution is -2.50. The van der Waals surface area contributed by atoms with Gasteiger partial charge in [-0.2, -0.15) is 0 Å². The summed E-state index contributed by atoms with van der Waals surface area (Å²) in [5.41, 5.74) is 0. The lowest BCUT2D eigenvalue weighted by atomic mass is 9.89. The highest BCUT2D eigenvalue weighted by Crippen LogP contribution is 2.35. The van der Waals surface area contributed by atoms with Crippen LogP contribution in [0, 0.1) is 5.92 Å². The van der Waals surface area contributed by atoms with Gasteiger partial charge in [0.1, 0.15) is 0 Å². The summed E-state index contributed by atoms with van der Waals surface area (Å²) in [6, 6.07) is 1.26. The van der Waals surface area contributed by atoms with Crippen LogP contribution in [0.15, 0.2) is 0 Å². The zero-order valence-corrected chi connectivity index (χ0v) is 11.5. The zero-order valence-electron chi connectivity index (χ0n) is 11.5. The first-order valence-corrected chi connectivity index (χ1v) is 7.99. The molecule has 3 atom stereocenters. The number of nitrogens with zero attached hydrogens (tertiary/aromatic N) is 1. The Labute approximate surface area is 111 Å². The normalized spacial score (nSPS) is 38.0. The number of piperidine rings is 1. The van der Waals surface area contributed by atoms with E-state index in [0.29, 0.717) is 6.04 Å². The molecule has 3 aliphatic rings. The molecule has 104 valence electrons. The van der Waals surface area contributed by atoms with Gasteiger partial charge in [-0.3, -0.25) is 4.90 Å². The van der Waals surface area contributed by atoms with Crippen LogP contribution in [0.2, 0.25) is 0 Å².